The van der Waals surface area contributed by atoms with E-state index in [1.807, 2.05) is 0 Å². The number of amides is 5. The van der Waals surface area contributed by atoms with Crippen molar-refractivity contribution in [1.29, 1.82) is 0 Å². The maximum absolute atomic E-state index is 13.6. The Bertz CT molecular complexity index is 1320. The van der Waals surface area contributed by atoms with Gasteiger partial charge in [-0.3, -0.25) is 43.5 Å². The molecule has 0 aromatic carbocycles. The monoisotopic (exact) mass is 744 g/mol. The molecule has 0 aromatic rings. The summed E-state index contributed by atoms with van der Waals surface area (Å²) in [6, 6.07) is -7.02. The number of nitrogens with one attached hydrogen (secondary N) is 5. The number of guanidine groups is 2. The van der Waals surface area contributed by atoms with Crippen LogP contribution in [-0.2, 0) is 38.4 Å². The van der Waals surface area contributed by atoms with Gasteiger partial charge in [-0.25, -0.2) is 4.79 Å². The summed E-state index contributed by atoms with van der Waals surface area (Å²) in [7, 11) is 0. The van der Waals surface area contributed by atoms with E-state index in [2.05, 4.69) is 36.6 Å². The summed E-state index contributed by atoms with van der Waals surface area (Å²) in [6.45, 7) is 2.78. The van der Waals surface area contributed by atoms with Crippen LogP contribution in [0.3, 0.4) is 0 Å². The fourth-order valence-electron chi connectivity index (χ4n) is 4.36. The molecule has 0 aliphatic heterocycles. The molecule has 0 rings (SSSR count). The standard InChI is InChI=1S/C29H52N12O11/c1-3-14(2)22(41-25(49)18(12-21(45)46)40-23(47)15(30)6-4-10-35-28(31)32)26(50)39-16(7-5-11-36-29(33)34)24(48)37-13-19(42)38-17(27(51)52)8-9-20(43)44/h14-18,22H,3-13,30H2,1-2H3,(H,37,48)(H,38,42)(H,39,50)(H,40,47)(H,41,49)(H,43,44)(H,45,46)(H,51,52)(H4,31,32,35)(H4,33,34,36). The Balaban J connectivity index is 5.91. The van der Waals surface area contributed by atoms with Crippen molar-refractivity contribution >= 4 is 59.4 Å². The second-order valence-electron chi connectivity index (χ2n) is 11.7. The van der Waals surface area contributed by atoms with Crippen LogP contribution in [0, 0.1) is 5.92 Å². The van der Waals surface area contributed by atoms with Gasteiger partial charge < -0.3 is 70.6 Å². The largest absolute Gasteiger partial charge is 0.481 e. The number of hydrogen-bond acceptors (Lipinski definition) is 11. The van der Waals surface area contributed by atoms with Crippen LogP contribution in [0.15, 0.2) is 9.98 Å². The molecule has 23 heteroatoms. The Morgan fingerprint density at radius 1 is 0.654 bits per heavy atom. The molecule has 18 N–H and O–H groups in total. The Labute approximate surface area is 299 Å². The number of aliphatic carboxylic acids is 3. The Morgan fingerprint density at radius 2 is 1.21 bits per heavy atom. The third-order valence-corrected chi connectivity index (χ3v) is 7.39. The van der Waals surface area contributed by atoms with Crippen molar-refractivity contribution in [2.45, 2.75) is 95.4 Å². The lowest BCUT2D eigenvalue weighted by atomic mass is 9.96. The van der Waals surface area contributed by atoms with Crippen LogP contribution >= 0.6 is 0 Å². The van der Waals surface area contributed by atoms with Gasteiger partial charge in [0.1, 0.15) is 24.2 Å². The van der Waals surface area contributed by atoms with Gasteiger partial charge in [-0.2, -0.15) is 0 Å². The van der Waals surface area contributed by atoms with Crippen LogP contribution in [0.2, 0.25) is 0 Å². The van der Waals surface area contributed by atoms with Crippen molar-refractivity contribution in [3.05, 3.63) is 0 Å². The molecule has 6 atom stereocenters. The van der Waals surface area contributed by atoms with Gasteiger partial charge in [0.15, 0.2) is 11.9 Å². The van der Waals surface area contributed by atoms with E-state index in [1.165, 1.54) is 0 Å². The normalized spacial score (nSPS) is 14.1. The summed E-state index contributed by atoms with van der Waals surface area (Å²) in [4.78, 5) is 106. The number of nitrogens with two attached hydrogens (primary N) is 5. The lowest BCUT2D eigenvalue weighted by Gasteiger charge is -2.28. The van der Waals surface area contributed by atoms with Gasteiger partial charge >= 0.3 is 17.9 Å². The molecule has 52 heavy (non-hydrogen) atoms. The van der Waals surface area contributed by atoms with Crippen molar-refractivity contribution in [2.75, 3.05) is 19.6 Å². The molecule has 0 saturated heterocycles. The average molecular weight is 745 g/mol. The lowest BCUT2D eigenvalue weighted by Crippen LogP contribution is -2.59. The van der Waals surface area contributed by atoms with Crippen LogP contribution in [0.1, 0.15) is 65.2 Å². The Hall–Kier alpha value is -5.74. The minimum atomic E-state index is -1.64. The molecule has 0 spiro atoms. The molecule has 0 aliphatic rings. The molecule has 0 saturated carbocycles. The van der Waals surface area contributed by atoms with Gasteiger partial charge in [0, 0.05) is 19.5 Å². The highest BCUT2D eigenvalue weighted by molar-refractivity contribution is 5.97. The molecular weight excluding hydrogens is 692 g/mol. The molecule has 0 aliphatic carbocycles. The predicted octanol–water partition coefficient (Wildman–Crippen LogP) is -5.05. The first-order valence-corrected chi connectivity index (χ1v) is 16.3. The van der Waals surface area contributed by atoms with E-state index in [0.717, 1.165) is 0 Å². The molecule has 0 aromatic heterocycles. The zero-order chi connectivity index (χ0) is 40.0. The second-order valence-corrected chi connectivity index (χ2v) is 11.7. The van der Waals surface area contributed by atoms with E-state index < -0.39 is 109 Å². The third kappa shape index (κ3) is 20.1. The van der Waals surface area contributed by atoms with E-state index in [4.69, 9.17) is 33.8 Å². The van der Waals surface area contributed by atoms with Crippen LogP contribution in [0.25, 0.3) is 0 Å². The highest BCUT2D eigenvalue weighted by Gasteiger charge is 2.34. The van der Waals surface area contributed by atoms with Crippen LogP contribution in [0.4, 0.5) is 0 Å². The van der Waals surface area contributed by atoms with E-state index in [0.29, 0.717) is 12.8 Å². The highest BCUT2D eigenvalue weighted by Crippen LogP contribution is 2.11. The van der Waals surface area contributed by atoms with E-state index in [9.17, 15) is 48.6 Å². The maximum Gasteiger partial charge on any atom is 0.326 e. The van der Waals surface area contributed by atoms with Crippen LogP contribution < -0.4 is 55.3 Å². The quantitative estimate of drug-likeness (QED) is 0.0224. The van der Waals surface area contributed by atoms with Crippen molar-refractivity contribution < 1.29 is 53.7 Å². The summed E-state index contributed by atoms with van der Waals surface area (Å²) < 4.78 is 0. The first kappa shape index (κ1) is 46.3. The summed E-state index contributed by atoms with van der Waals surface area (Å²) >= 11 is 0. The topological polar surface area (TPSA) is 412 Å². The Morgan fingerprint density at radius 3 is 1.71 bits per heavy atom. The molecule has 23 nitrogen and oxygen atoms in total. The van der Waals surface area contributed by atoms with E-state index >= 15 is 0 Å². The number of nitrogens with zero attached hydrogens (tertiary/aromatic N) is 2. The average Bonchev–Trinajstić information content (AvgIpc) is 3.05. The summed E-state index contributed by atoms with van der Waals surface area (Å²) in [5.74, 6) is -9.75. The molecular formula is C29H52N12O11. The van der Waals surface area contributed by atoms with Gasteiger partial charge in [0.25, 0.3) is 0 Å². The smallest absolute Gasteiger partial charge is 0.326 e. The lowest BCUT2D eigenvalue weighted by molar-refractivity contribution is -0.143. The Kier molecular flexibility index (Phi) is 21.7. The van der Waals surface area contributed by atoms with Gasteiger partial charge in [0.05, 0.1) is 19.0 Å². The van der Waals surface area contributed by atoms with Gasteiger partial charge in [-0.1, -0.05) is 20.3 Å². The fourth-order valence-corrected chi connectivity index (χ4v) is 4.36. The predicted molar refractivity (Wildman–Crippen MR) is 185 cm³/mol. The maximum atomic E-state index is 13.6. The summed E-state index contributed by atoms with van der Waals surface area (Å²) in [5, 5.41) is 39.1. The molecule has 0 heterocycles. The van der Waals surface area contributed by atoms with Crippen LogP contribution in [0.5, 0.6) is 0 Å². The van der Waals surface area contributed by atoms with Crippen molar-refractivity contribution in [3.63, 3.8) is 0 Å². The first-order valence-electron chi connectivity index (χ1n) is 16.3. The second kappa shape index (κ2) is 24.4. The molecule has 6 unspecified atom stereocenters. The number of carbonyl (C=O) groups excluding carboxylic acids is 5. The van der Waals surface area contributed by atoms with Crippen molar-refractivity contribution in [2.24, 2.45) is 44.6 Å². The first-order chi connectivity index (χ1) is 24.3. The van der Waals surface area contributed by atoms with Gasteiger partial charge in [-0.05, 0) is 38.0 Å². The number of hydrogen-bond donors (Lipinski definition) is 13. The number of aliphatic imine (C=N–C) groups is 2. The van der Waals surface area contributed by atoms with Crippen LogP contribution in [-0.4, -0.2) is 125 Å². The molecule has 0 radical (unpaired) electrons. The highest BCUT2D eigenvalue weighted by atomic mass is 16.4. The number of carboxylic acids is 3. The van der Waals surface area contributed by atoms with Gasteiger partial charge in [-0.15, -0.1) is 0 Å². The van der Waals surface area contributed by atoms with Crippen molar-refractivity contribution in [1.82, 2.24) is 26.6 Å². The SMILES string of the molecule is CCC(C)C(NC(=O)C(CC(=O)O)NC(=O)C(N)CCCN=C(N)N)C(=O)NC(CCCN=C(N)N)C(=O)NCC(=O)NC(CCC(=O)O)C(=O)O. The molecule has 5 amide bonds. The number of carboxylic acid groups (broad SMARTS) is 3. The minimum Gasteiger partial charge on any atom is -0.481 e. The third-order valence-electron chi connectivity index (χ3n) is 7.39. The zero-order valence-corrected chi connectivity index (χ0v) is 29.1. The number of rotatable bonds is 26. The number of carbonyl (C=O) groups is 8. The summed E-state index contributed by atoms with van der Waals surface area (Å²) in [5.41, 5.74) is 27.1. The molecule has 0 bridgehead atoms. The molecule has 0 fully saturated rings. The van der Waals surface area contributed by atoms with Gasteiger partial charge in [0.2, 0.25) is 29.5 Å². The molecule has 294 valence electrons. The fraction of sp³-hybridized carbons (Fsp3) is 0.655. The zero-order valence-electron chi connectivity index (χ0n) is 29.1. The van der Waals surface area contributed by atoms with E-state index in [-0.39, 0.29) is 44.3 Å². The van der Waals surface area contributed by atoms with E-state index in [1.54, 1.807) is 13.8 Å². The summed E-state index contributed by atoms with van der Waals surface area (Å²) in [6.07, 6.45) is -1.01. The minimum absolute atomic E-state index is 0.0465. The van der Waals surface area contributed by atoms with Crippen molar-refractivity contribution in [3.8, 4) is 0 Å².